The molecule has 16 heavy (non-hydrogen) atoms. The van der Waals surface area contributed by atoms with Crippen molar-refractivity contribution in [1.29, 1.82) is 0 Å². The van der Waals surface area contributed by atoms with Gasteiger partial charge in [-0.25, -0.2) is 4.98 Å². The number of hydrogen-bond donors (Lipinski definition) is 0. The summed E-state index contributed by atoms with van der Waals surface area (Å²) in [5.41, 5.74) is 0. The van der Waals surface area contributed by atoms with Crippen LogP contribution in [-0.4, -0.2) is 37.1 Å². The lowest BCUT2D eigenvalue weighted by Crippen LogP contribution is -2.28. The van der Waals surface area contributed by atoms with Crippen LogP contribution in [0.2, 0.25) is 0 Å². The third-order valence-electron chi connectivity index (χ3n) is 2.67. The summed E-state index contributed by atoms with van der Waals surface area (Å²) in [5, 5.41) is 0.890. The number of hydrogen-bond acceptors (Lipinski definition) is 5. The van der Waals surface area contributed by atoms with E-state index >= 15 is 0 Å². The molecule has 88 valence electrons. The lowest BCUT2D eigenvalue weighted by molar-refractivity contribution is 0.102. The van der Waals surface area contributed by atoms with Crippen molar-refractivity contribution in [2.24, 2.45) is 0 Å². The quantitative estimate of drug-likeness (QED) is 0.755. The number of rotatable bonds is 4. The zero-order valence-electron chi connectivity index (χ0n) is 9.60. The van der Waals surface area contributed by atoms with Gasteiger partial charge in [-0.1, -0.05) is 11.3 Å². The largest absolute Gasteiger partial charge is 0.376 e. The molecule has 2 heterocycles. The number of nitrogens with zero attached hydrogens (tertiary/aromatic N) is 2. The molecule has 4 nitrogen and oxygen atoms in total. The Hall–Kier alpha value is -0.940. The van der Waals surface area contributed by atoms with Gasteiger partial charge >= 0.3 is 0 Å². The zero-order valence-corrected chi connectivity index (χ0v) is 10.4. The zero-order chi connectivity index (χ0) is 11.5. The topological polar surface area (TPSA) is 42.4 Å². The predicted molar refractivity (Wildman–Crippen MR) is 64.4 cm³/mol. The van der Waals surface area contributed by atoms with Gasteiger partial charge in [-0.2, -0.15) is 0 Å². The van der Waals surface area contributed by atoms with Crippen molar-refractivity contribution < 1.29 is 9.53 Å². The van der Waals surface area contributed by atoms with E-state index < -0.39 is 0 Å². The number of carbonyl (C=O) groups excluding carboxylic acids is 1. The number of aromatic nitrogens is 1. The number of Topliss-reactive ketones (excluding diaryl/α,β-unsaturated/α-hetero) is 1. The minimum Gasteiger partial charge on any atom is -0.376 e. The van der Waals surface area contributed by atoms with Gasteiger partial charge in [0.05, 0.1) is 17.2 Å². The van der Waals surface area contributed by atoms with Crippen LogP contribution in [0, 0.1) is 0 Å². The van der Waals surface area contributed by atoms with Crippen LogP contribution in [0.4, 0.5) is 5.13 Å². The van der Waals surface area contributed by atoms with Crippen LogP contribution in [0.5, 0.6) is 0 Å². The summed E-state index contributed by atoms with van der Waals surface area (Å²) in [7, 11) is 1.99. The molecule has 0 spiro atoms. The average molecular weight is 240 g/mol. The highest BCUT2D eigenvalue weighted by Crippen LogP contribution is 2.23. The van der Waals surface area contributed by atoms with Crippen molar-refractivity contribution >= 4 is 22.3 Å². The normalized spacial score (nSPS) is 20.0. The third kappa shape index (κ3) is 2.59. The number of ketones is 1. The summed E-state index contributed by atoms with van der Waals surface area (Å²) < 4.78 is 5.57. The van der Waals surface area contributed by atoms with Gasteiger partial charge in [0, 0.05) is 27.1 Å². The van der Waals surface area contributed by atoms with E-state index in [1.165, 1.54) is 11.3 Å². The summed E-state index contributed by atoms with van der Waals surface area (Å²) in [4.78, 5) is 18.2. The first-order valence-corrected chi connectivity index (χ1v) is 6.28. The molecule has 1 atom stereocenters. The van der Waals surface area contributed by atoms with E-state index in [0.29, 0.717) is 11.0 Å². The molecule has 0 amide bonds. The summed E-state index contributed by atoms with van der Waals surface area (Å²) in [5.74, 6) is 0.0780. The Labute approximate surface area is 99.2 Å². The highest BCUT2D eigenvalue weighted by Gasteiger charge is 2.19. The molecule has 5 heteroatoms. The molecule has 1 unspecified atom stereocenters. The Balaban J connectivity index is 1.96. The number of ether oxygens (including phenoxy) is 1. The standard InChI is InChI=1S/C11H16N2O2S/c1-8(14)10-6-12-11(16-10)13(2)7-9-4-3-5-15-9/h6,9H,3-5,7H2,1-2H3. The Morgan fingerprint density at radius 2 is 2.56 bits per heavy atom. The summed E-state index contributed by atoms with van der Waals surface area (Å²) in [6.45, 7) is 3.29. The van der Waals surface area contributed by atoms with Gasteiger partial charge in [0.1, 0.15) is 0 Å². The molecule has 0 aromatic carbocycles. The third-order valence-corrected chi connectivity index (χ3v) is 3.88. The van der Waals surface area contributed by atoms with Crippen molar-refractivity contribution in [2.75, 3.05) is 25.1 Å². The van der Waals surface area contributed by atoms with Crippen molar-refractivity contribution in [3.05, 3.63) is 11.1 Å². The maximum Gasteiger partial charge on any atom is 0.185 e. The second kappa shape index (κ2) is 4.93. The van der Waals surface area contributed by atoms with E-state index in [0.717, 1.165) is 31.1 Å². The van der Waals surface area contributed by atoms with Crippen LogP contribution in [-0.2, 0) is 4.74 Å². The maximum absolute atomic E-state index is 11.2. The SMILES string of the molecule is CC(=O)c1cnc(N(C)CC2CCCO2)s1. The molecule has 1 fully saturated rings. The number of anilines is 1. The highest BCUT2D eigenvalue weighted by atomic mass is 32.1. The number of carbonyl (C=O) groups is 1. The Kier molecular flexibility index (Phi) is 3.56. The Morgan fingerprint density at radius 1 is 1.75 bits per heavy atom. The van der Waals surface area contributed by atoms with Crippen LogP contribution in [0.3, 0.4) is 0 Å². The Morgan fingerprint density at radius 3 is 3.12 bits per heavy atom. The predicted octanol–water partition coefficient (Wildman–Crippen LogP) is 1.96. The van der Waals surface area contributed by atoms with Gasteiger partial charge < -0.3 is 9.64 Å². The first-order valence-electron chi connectivity index (χ1n) is 5.46. The van der Waals surface area contributed by atoms with E-state index in [1.54, 1.807) is 13.1 Å². The first kappa shape index (κ1) is 11.5. The lowest BCUT2D eigenvalue weighted by Gasteiger charge is -2.19. The summed E-state index contributed by atoms with van der Waals surface area (Å²) in [6, 6.07) is 0. The maximum atomic E-state index is 11.2. The molecule has 0 radical (unpaired) electrons. The second-order valence-electron chi connectivity index (χ2n) is 4.08. The van der Waals surface area contributed by atoms with Crippen LogP contribution in [0.1, 0.15) is 29.4 Å². The molecule has 2 rings (SSSR count). The molecule has 1 aliphatic rings. The minimum absolute atomic E-state index is 0.0780. The van der Waals surface area contributed by atoms with Gasteiger partial charge in [-0.3, -0.25) is 4.79 Å². The average Bonchev–Trinajstić information content (AvgIpc) is 2.86. The van der Waals surface area contributed by atoms with Crippen LogP contribution in [0.25, 0.3) is 0 Å². The fraction of sp³-hybridized carbons (Fsp3) is 0.636. The number of likely N-dealkylation sites (N-methyl/N-ethyl adjacent to an activating group) is 1. The van der Waals surface area contributed by atoms with Crippen LogP contribution >= 0.6 is 11.3 Å². The van der Waals surface area contributed by atoms with Gasteiger partial charge in [0.15, 0.2) is 10.9 Å². The van der Waals surface area contributed by atoms with E-state index in [1.807, 2.05) is 7.05 Å². The molecule has 0 bridgehead atoms. The fourth-order valence-corrected chi connectivity index (χ4v) is 2.56. The van der Waals surface area contributed by atoms with E-state index in [9.17, 15) is 4.79 Å². The molecule has 1 aromatic rings. The smallest absolute Gasteiger partial charge is 0.185 e. The fourth-order valence-electron chi connectivity index (χ4n) is 1.78. The molecule has 1 saturated heterocycles. The molecule has 1 aliphatic heterocycles. The molecule has 0 aliphatic carbocycles. The van der Waals surface area contributed by atoms with Gasteiger partial charge in [-0.15, -0.1) is 0 Å². The second-order valence-corrected chi connectivity index (χ2v) is 5.09. The molecular formula is C11H16N2O2S. The van der Waals surface area contributed by atoms with Crippen molar-refractivity contribution in [2.45, 2.75) is 25.9 Å². The van der Waals surface area contributed by atoms with Crippen LogP contribution in [0.15, 0.2) is 6.20 Å². The summed E-state index contributed by atoms with van der Waals surface area (Å²) in [6.07, 6.45) is 4.23. The molecular weight excluding hydrogens is 224 g/mol. The van der Waals surface area contributed by atoms with E-state index in [2.05, 4.69) is 9.88 Å². The highest BCUT2D eigenvalue weighted by molar-refractivity contribution is 7.17. The summed E-state index contributed by atoms with van der Waals surface area (Å²) >= 11 is 1.44. The monoisotopic (exact) mass is 240 g/mol. The molecule has 1 aromatic heterocycles. The van der Waals surface area contributed by atoms with Crippen molar-refractivity contribution in [3.63, 3.8) is 0 Å². The number of thiazole rings is 1. The van der Waals surface area contributed by atoms with Gasteiger partial charge in [0.2, 0.25) is 0 Å². The van der Waals surface area contributed by atoms with Crippen molar-refractivity contribution in [1.82, 2.24) is 4.98 Å². The molecule has 0 saturated carbocycles. The van der Waals surface area contributed by atoms with E-state index in [-0.39, 0.29) is 5.78 Å². The van der Waals surface area contributed by atoms with Crippen LogP contribution < -0.4 is 4.90 Å². The van der Waals surface area contributed by atoms with E-state index in [4.69, 9.17) is 4.74 Å². The minimum atomic E-state index is 0.0780. The Bertz CT molecular complexity index is 372. The lowest BCUT2D eigenvalue weighted by atomic mass is 10.2. The van der Waals surface area contributed by atoms with Crippen molar-refractivity contribution in [3.8, 4) is 0 Å². The molecule has 0 N–H and O–H groups in total. The van der Waals surface area contributed by atoms with Gasteiger partial charge in [0.25, 0.3) is 0 Å². The van der Waals surface area contributed by atoms with Gasteiger partial charge in [-0.05, 0) is 12.8 Å². The first-order chi connectivity index (χ1) is 7.66.